The highest BCUT2D eigenvalue weighted by Crippen LogP contribution is 2.28. The van der Waals surface area contributed by atoms with Gasteiger partial charge >= 0.3 is 0 Å². The minimum absolute atomic E-state index is 0.326. The van der Waals surface area contributed by atoms with Crippen LogP contribution in [0.5, 0.6) is 0 Å². The van der Waals surface area contributed by atoms with Gasteiger partial charge in [-0.05, 0) is 25.8 Å². The summed E-state index contributed by atoms with van der Waals surface area (Å²) < 4.78 is 0. The van der Waals surface area contributed by atoms with Crippen molar-refractivity contribution in [1.82, 2.24) is 5.32 Å². The monoisotopic (exact) mass is 203 g/mol. The first-order valence-corrected chi connectivity index (χ1v) is 6.37. The lowest BCUT2D eigenvalue weighted by Crippen LogP contribution is -2.35. The maximum absolute atomic E-state index is 8.73. The van der Waals surface area contributed by atoms with Gasteiger partial charge in [0, 0.05) is 17.0 Å². The van der Waals surface area contributed by atoms with Crippen LogP contribution in [0.4, 0.5) is 0 Å². The Morgan fingerprint density at radius 2 is 2.31 bits per heavy atom. The largest absolute Gasteiger partial charge is 0.396 e. The molecule has 1 rings (SSSR count). The van der Waals surface area contributed by atoms with Crippen LogP contribution in [0.1, 0.15) is 32.6 Å². The zero-order valence-electron chi connectivity index (χ0n) is 8.46. The predicted octanol–water partition coefficient (Wildman–Crippen LogP) is 1.63. The maximum Gasteiger partial charge on any atom is 0.0521 e. The van der Waals surface area contributed by atoms with E-state index in [0.29, 0.717) is 6.61 Å². The molecule has 0 saturated heterocycles. The van der Waals surface area contributed by atoms with Crippen LogP contribution in [0.3, 0.4) is 0 Å². The smallest absolute Gasteiger partial charge is 0.0521 e. The van der Waals surface area contributed by atoms with E-state index in [1.807, 2.05) is 11.8 Å². The molecule has 0 aliphatic heterocycles. The average molecular weight is 203 g/mol. The molecule has 3 heteroatoms. The molecule has 2 unspecified atom stereocenters. The molecule has 0 spiro atoms. The zero-order chi connectivity index (χ0) is 9.52. The van der Waals surface area contributed by atoms with Crippen LogP contribution in [0.15, 0.2) is 0 Å². The molecular formula is C10H21NOS. The van der Waals surface area contributed by atoms with Crippen molar-refractivity contribution >= 4 is 11.8 Å². The highest BCUT2D eigenvalue weighted by molar-refractivity contribution is 7.99. The summed E-state index contributed by atoms with van der Waals surface area (Å²) in [7, 11) is 0. The Bertz CT molecular complexity index is 130. The van der Waals surface area contributed by atoms with Crippen LogP contribution >= 0.6 is 11.8 Å². The van der Waals surface area contributed by atoms with Crippen LogP contribution in [-0.4, -0.2) is 35.3 Å². The molecular weight excluding hydrogens is 182 g/mol. The summed E-state index contributed by atoms with van der Waals surface area (Å²) in [4.78, 5) is 0. The zero-order valence-corrected chi connectivity index (χ0v) is 9.28. The van der Waals surface area contributed by atoms with Crippen molar-refractivity contribution in [3.8, 4) is 0 Å². The van der Waals surface area contributed by atoms with Gasteiger partial charge in [-0.2, -0.15) is 11.8 Å². The summed E-state index contributed by atoms with van der Waals surface area (Å²) in [5, 5.41) is 13.0. The lowest BCUT2D eigenvalue weighted by molar-refractivity contribution is 0.321. The Balaban J connectivity index is 2.16. The van der Waals surface area contributed by atoms with E-state index < -0.39 is 0 Å². The molecule has 2 atom stereocenters. The van der Waals surface area contributed by atoms with E-state index in [-0.39, 0.29) is 0 Å². The number of hydrogen-bond donors (Lipinski definition) is 2. The summed E-state index contributed by atoms with van der Waals surface area (Å²) >= 11 is 1.94. The topological polar surface area (TPSA) is 32.3 Å². The fraction of sp³-hybridized carbons (Fsp3) is 1.00. The van der Waals surface area contributed by atoms with E-state index >= 15 is 0 Å². The van der Waals surface area contributed by atoms with Crippen LogP contribution in [-0.2, 0) is 0 Å². The predicted molar refractivity (Wildman–Crippen MR) is 59.3 cm³/mol. The van der Waals surface area contributed by atoms with Gasteiger partial charge in [0.25, 0.3) is 0 Å². The van der Waals surface area contributed by atoms with E-state index in [9.17, 15) is 0 Å². The normalized spacial score (nSPS) is 29.1. The second-order valence-electron chi connectivity index (χ2n) is 3.64. The minimum atomic E-state index is 0.326. The highest BCUT2D eigenvalue weighted by Gasteiger charge is 2.20. The Kier molecular flexibility index (Phi) is 5.83. The fourth-order valence-corrected chi connectivity index (χ4v) is 3.13. The van der Waals surface area contributed by atoms with E-state index in [1.54, 1.807) is 0 Å². The SMILES string of the molecule is CCNC1CCCC(SCCO)C1. The summed E-state index contributed by atoms with van der Waals surface area (Å²) in [6.07, 6.45) is 5.32. The maximum atomic E-state index is 8.73. The van der Waals surface area contributed by atoms with Crippen molar-refractivity contribution < 1.29 is 5.11 Å². The quantitative estimate of drug-likeness (QED) is 0.712. The molecule has 1 saturated carbocycles. The average Bonchev–Trinajstić information content (AvgIpc) is 2.16. The lowest BCUT2D eigenvalue weighted by Gasteiger charge is -2.29. The van der Waals surface area contributed by atoms with Crippen LogP contribution in [0, 0.1) is 0 Å². The third-order valence-electron chi connectivity index (χ3n) is 2.56. The molecule has 0 radical (unpaired) electrons. The van der Waals surface area contributed by atoms with Gasteiger partial charge in [-0.1, -0.05) is 13.3 Å². The van der Waals surface area contributed by atoms with Gasteiger partial charge in [0.1, 0.15) is 0 Å². The van der Waals surface area contributed by atoms with Crippen molar-refractivity contribution in [2.75, 3.05) is 18.9 Å². The number of rotatable bonds is 5. The Hall–Kier alpha value is 0.270. The van der Waals surface area contributed by atoms with Crippen molar-refractivity contribution in [3.63, 3.8) is 0 Å². The number of aliphatic hydroxyl groups excluding tert-OH is 1. The third kappa shape index (κ3) is 4.34. The van der Waals surface area contributed by atoms with Crippen molar-refractivity contribution in [2.24, 2.45) is 0 Å². The first-order valence-electron chi connectivity index (χ1n) is 5.32. The number of aliphatic hydroxyl groups is 1. The summed E-state index contributed by atoms with van der Waals surface area (Å²) in [5.41, 5.74) is 0. The Morgan fingerprint density at radius 1 is 1.46 bits per heavy atom. The minimum Gasteiger partial charge on any atom is -0.396 e. The first-order chi connectivity index (χ1) is 6.36. The van der Waals surface area contributed by atoms with Gasteiger partial charge in [-0.15, -0.1) is 0 Å². The van der Waals surface area contributed by atoms with Gasteiger partial charge in [-0.25, -0.2) is 0 Å². The van der Waals surface area contributed by atoms with E-state index in [4.69, 9.17) is 5.11 Å². The van der Waals surface area contributed by atoms with E-state index in [1.165, 1.54) is 25.7 Å². The number of hydrogen-bond acceptors (Lipinski definition) is 3. The van der Waals surface area contributed by atoms with Crippen molar-refractivity contribution in [3.05, 3.63) is 0 Å². The molecule has 2 nitrogen and oxygen atoms in total. The molecule has 78 valence electrons. The van der Waals surface area contributed by atoms with Crippen molar-refractivity contribution in [2.45, 2.75) is 43.9 Å². The molecule has 0 aromatic heterocycles. The third-order valence-corrected chi connectivity index (χ3v) is 3.88. The van der Waals surface area contributed by atoms with Crippen LogP contribution in [0.2, 0.25) is 0 Å². The summed E-state index contributed by atoms with van der Waals surface area (Å²) in [5.74, 6) is 0.906. The van der Waals surface area contributed by atoms with E-state index in [0.717, 1.165) is 23.6 Å². The molecule has 13 heavy (non-hydrogen) atoms. The van der Waals surface area contributed by atoms with Gasteiger partial charge < -0.3 is 10.4 Å². The number of thioether (sulfide) groups is 1. The molecule has 1 aliphatic carbocycles. The van der Waals surface area contributed by atoms with Crippen molar-refractivity contribution in [1.29, 1.82) is 0 Å². The van der Waals surface area contributed by atoms with Gasteiger partial charge in [-0.3, -0.25) is 0 Å². The highest BCUT2D eigenvalue weighted by atomic mass is 32.2. The first kappa shape index (κ1) is 11.3. The van der Waals surface area contributed by atoms with Gasteiger partial charge in [0.05, 0.1) is 6.61 Å². The molecule has 0 amide bonds. The van der Waals surface area contributed by atoms with Gasteiger partial charge in [0.2, 0.25) is 0 Å². The standard InChI is InChI=1S/C10H21NOS/c1-2-11-9-4-3-5-10(8-9)13-7-6-12/h9-12H,2-8H2,1H3. The second-order valence-corrected chi connectivity index (χ2v) is 5.05. The Labute approximate surface area is 85.5 Å². The molecule has 0 aromatic carbocycles. The molecule has 1 aliphatic rings. The fourth-order valence-electron chi connectivity index (χ4n) is 1.99. The molecule has 1 fully saturated rings. The number of nitrogens with one attached hydrogen (secondary N) is 1. The molecule has 0 heterocycles. The molecule has 2 N–H and O–H groups in total. The van der Waals surface area contributed by atoms with Gasteiger partial charge in [0.15, 0.2) is 0 Å². The second kappa shape index (κ2) is 6.68. The van der Waals surface area contributed by atoms with Crippen LogP contribution < -0.4 is 5.32 Å². The lowest BCUT2D eigenvalue weighted by atomic mass is 9.95. The summed E-state index contributed by atoms with van der Waals surface area (Å²) in [6.45, 7) is 3.58. The Morgan fingerprint density at radius 3 is 3.00 bits per heavy atom. The molecule has 0 bridgehead atoms. The van der Waals surface area contributed by atoms with E-state index in [2.05, 4.69) is 12.2 Å². The van der Waals surface area contributed by atoms with Crippen LogP contribution in [0.25, 0.3) is 0 Å². The summed E-state index contributed by atoms with van der Waals surface area (Å²) in [6, 6.07) is 0.731. The molecule has 0 aromatic rings.